The molecule has 2 fully saturated rings. The number of anilines is 1. The SMILES string of the molecule is Cc1cccn2cc(CSc3nnc(N4CCCC4)n3C3CC3)nc12. The maximum Gasteiger partial charge on any atom is 0.228 e. The quantitative estimate of drug-likeness (QED) is 0.657. The van der Waals surface area contributed by atoms with Gasteiger partial charge < -0.3 is 9.30 Å². The smallest absolute Gasteiger partial charge is 0.228 e. The molecule has 1 saturated carbocycles. The van der Waals surface area contributed by atoms with E-state index in [0.29, 0.717) is 6.04 Å². The number of imidazole rings is 1. The highest BCUT2D eigenvalue weighted by Gasteiger charge is 2.32. The van der Waals surface area contributed by atoms with Gasteiger partial charge in [0.1, 0.15) is 5.65 Å². The minimum absolute atomic E-state index is 0.594. The monoisotopic (exact) mass is 354 g/mol. The van der Waals surface area contributed by atoms with E-state index in [1.165, 1.54) is 31.2 Å². The second kappa shape index (κ2) is 6.05. The molecule has 0 N–H and O–H groups in total. The number of pyridine rings is 1. The molecule has 5 rings (SSSR count). The van der Waals surface area contributed by atoms with Crippen LogP contribution in [-0.2, 0) is 5.75 Å². The minimum Gasteiger partial charge on any atom is -0.341 e. The molecule has 4 heterocycles. The standard InChI is InChI=1S/C18H22N6S/c1-13-5-4-10-23-11-14(19-16(13)23)12-25-18-21-20-17(22-8-2-3-9-22)24(18)15-6-7-15/h4-5,10-11,15H,2-3,6-9,12H2,1H3. The molecule has 3 aromatic rings. The second-order valence-electron chi connectivity index (χ2n) is 7.02. The predicted molar refractivity (Wildman–Crippen MR) is 99.2 cm³/mol. The van der Waals surface area contributed by atoms with Gasteiger partial charge in [0.2, 0.25) is 5.95 Å². The molecule has 0 bridgehead atoms. The van der Waals surface area contributed by atoms with Crippen LogP contribution in [0.3, 0.4) is 0 Å². The third-order valence-electron chi connectivity index (χ3n) is 5.02. The average molecular weight is 354 g/mol. The zero-order valence-electron chi connectivity index (χ0n) is 14.4. The lowest BCUT2D eigenvalue weighted by Crippen LogP contribution is -2.22. The van der Waals surface area contributed by atoms with Crippen molar-refractivity contribution in [3.63, 3.8) is 0 Å². The molecule has 0 unspecified atom stereocenters. The van der Waals surface area contributed by atoms with E-state index in [2.05, 4.69) is 55.5 Å². The Hall–Kier alpha value is -2.02. The largest absolute Gasteiger partial charge is 0.341 e. The van der Waals surface area contributed by atoms with E-state index >= 15 is 0 Å². The molecular formula is C18H22N6S. The fourth-order valence-electron chi connectivity index (χ4n) is 3.57. The van der Waals surface area contributed by atoms with Gasteiger partial charge in [0.15, 0.2) is 5.16 Å². The van der Waals surface area contributed by atoms with Gasteiger partial charge in [0, 0.05) is 37.3 Å². The van der Waals surface area contributed by atoms with Crippen molar-refractivity contribution in [1.29, 1.82) is 0 Å². The van der Waals surface area contributed by atoms with Gasteiger partial charge in [0.25, 0.3) is 0 Å². The van der Waals surface area contributed by atoms with Crippen LogP contribution >= 0.6 is 11.8 Å². The molecular weight excluding hydrogens is 332 g/mol. The molecule has 6 nitrogen and oxygen atoms in total. The van der Waals surface area contributed by atoms with Crippen molar-refractivity contribution in [2.24, 2.45) is 0 Å². The number of hydrogen-bond donors (Lipinski definition) is 0. The summed E-state index contributed by atoms with van der Waals surface area (Å²) in [6.45, 7) is 4.33. The van der Waals surface area contributed by atoms with E-state index in [-0.39, 0.29) is 0 Å². The lowest BCUT2D eigenvalue weighted by atomic mass is 10.3. The number of aromatic nitrogens is 5. The molecule has 130 valence electrons. The summed E-state index contributed by atoms with van der Waals surface area (Å²) in [7, 11) is 0. The topological polar surface area (TPSA) is 51.2 Å². The number of rotatable bonds is 5. The maximum atomic E-state index is 4.78. The normalized spacial score (nSPS) is 17.7. The molecule has 0 radical (unpaired) electrons. The Morgan fingerprint density at radius 3 is 2.80 bits per heavy atom. The number of fused-ring (bicyclic) bond motifs is 1. The highest BCUT2D eigenvalue weighted by Crippen LogP contribution is 2.41. The Balaban J connectivity index is 1.39. The van der Waals surface area contributed by atoms with E-state index in [1.807, 2.05) is 0 Å². The predicted octanol–water partition coefficient (Wildman–Crippen LogP) is 3.46. The van der Waals surface area contributed by atoms with Gasteiger partial charge in [0.05, 0.1) is 5.69 Å². The van der Waals surface area contributed by atoms with Crippen molar-refractivity contribution in [1.82, 2.24) is 24.1 Å². The number of nitrogens with zero attached hydrogens (tertiary/aromatic N) is 6. The van der Waals surface area contributed by atoms with Gasteiger partial charge in [-0.05, 0) is 44.2 Å². The van der Waals surface area contributed by atoms with Crippen LogP contribution in [0.1, 0.15) is 43.0 Å². The highest BCUT2D eigenvalue weighted by molar-refractivity contribution is 7.98. The summed E-state index contributed by atoms with van der Waals surface area (Å²) in [4.78, 5) is 7.17. The molecule has 0 amide bonds. The van der Waals surface area contributed by atoms with Crippen LogP contribution in [0.2, 0.25) is 0 Å². The van der Waals surface area contributed by atoms with Gasteiger partial charge in [-0.15, -0.1) is 10.2 Å². The third-order valence-corrected chi connectivity index (χ3v) is 6.00. The summed E-state index contributed by atoms with van der Waals surface area (Å²) in [5.41, 5.74) is 3.34. The van der Waals surface area contributed by atoms with E-state index in [0.717, 1.165) is 41.3 Å². The number of aryl methyl sites for hydroxylation is 1. The summed E-state index contributed by atoms with van der Waals surface area (Å²) in [5, 5.41) is 10.1. The number of hydrogen-bond acceptors (Lipinski definition) is 5. The Morgan fingerprint density at radius 2 is 2.04 bits per heavy atom. The van der Waals surface area contributed by atoms with Crippen LogP contribution in [0.25, 0.3) is 5.65 Å². The molecule has 1 saturated heterocycles. The Morgan fingerprint density at radius 1 is 1.20 bits per heavy atom. The first-order valence-electron chi connectivity index (χ1n) is 9.05. The first-order valence-corrected chi connectivity index (χ1v) is 10.0. The molecule has 0 aromatic carbocycles. The maximum absolute atomic E-state index is 4.78. The summed E-state index contributed by atoms with van der Waals surface area (Å²) in [6, 6.07) is 4.76. The van der Waals surface area contributed by atoms with E-state index in [1.54, 1.807) is 11.8 Å². The Kier molecular flexibility index (Phi) is 3.69. The number of thioether (sulfide) groups is 1. The van der Waals surface area contributed by atoms with Crippen LogP contribution in [0, 0.1) is 6.92 Å². The lowest BCUT2D eigenvalue weighted by molar-refractivity contribution is 0.651. The lowest BCUT2D eigenvalue weighted by Gasteiger charge is -2.17. The van der Waals surface area contributed by atoms with Crippen LogP contribution < -0.4 is 4.90 Å². The first kappa shape index (κ1) is 15.3. The molecule has 1 aliphatic heterocycles. The van der Waals surface area contributed by atoms with Crippen LogP contribution in [0.4, 0.5) is 5.95 Å². The Labute approximate surface area is 151 Å². The molecule has 1 aliphatic carbocycles. The van der Waals surface area contributed by atoms with Gasteiger partial charge in [-0.3, -0.25) is 4.57 Å². The molecule has 2 aliphatic rings. The van der Waals surface area contributed by atoms with Crippen molar-refractivity contribution in [3.8, 4) is 0 Å². The van der Waals surface area contributed by atoms with Crippen molar-refractivity contribution in [2.45, 2.75) is 49.6 Å². The van der Waals surface area contributed by atoms with E-state index < -0.39 is 0 Å². The zero-order chi connectivity index (χ0) is 16.8. The first-order chi connectivity index (χ1) is 12.3. The van der Waals surface area contributed by atoms with Crippen molar-refractivity contribution in [2.75, 3.05) is 18.0 Å². The summed E-state index contributed by atoms with van der Waals surface area (Å²) in [5.74, 6) is 1.90. The molecule has 0 spiro atoms. The fourth-order valence-corrected chi connectivity index (χ4v) is 4.45. The fraction of sp³-hybridized carbons (Fsp3) is 0.500. The van der Waals surface area contributed by atoms with Gasteiger partial charge in [-0.25, -0.2) is 4.98 Å². The van der Waals surface area contributed by atoms with Gasteiger partial charge in [-0.1, -0.05) is 17.8 Å². The molecule has 25 heavy (non-hydrogen) atoms. The third kappa shape index (κ3) is 2.80. The van der Waals surface area contributed by atoms with Gasteiger partial charge >= 0.3 is 0 Å². The van der Waals surface area contributed by atoms with Crippen LogP contribution in [-0.4, -0.2) is 37.2 Å². The molecule has 3 aromatic heterocycles. The minimum atomic E-state index is 0.594. The van der Waals surface area contributed by atoms with Crippen molar-refractivity contribution in [3.05, 3.63) is 35.8 Å². The van der Waals surface area contributed by atoms with Crippen LogP contribution in [0.15, 0.2) is 29.7 Å². The molecule has 7 heteroatoms. The zero-order valence-corrected chi connectivity index (χ0v) is 15.2. The highest BCUT2D eigenvalue weighted by atomic mass is 32.2. The average Bonchev–Trinajstić information content (AvgIpc) is 3.05. The summed E-state index contributed by atoms with van der Waals surface area (Å²) in [6.07, 6.45) is 9.21. The van der Waals surface area contributed by atoms with Gasteiger partial charge in [-0.2, -0.15) is 0 Å². The van der Waals surface area contributed by atoms with Crippen molar-refractivity contribution >= 4 is 23.4 Å². The summed E-state index contributed by atoms with van der Waals surface area (Å²) >= 11 is 1.76. The Bertz CT molecular complexity index is 904. The van der Waals surface area contributed by atoms with E-state index in [9.17, 15) is 0 Å². The second-order valence-corrected chi connectivity index (χ2v) is 7.96. The van der Waals surface area contributed by atoms with Crippen molar-refractivity contribution < 1.29 is 0 Å². The molecule has 0 atom stereocenters. The summed E-state index contributed by atoms with van der Waals surface area (Å²) < 4.78 is 4.48. The van der Waals surface area contributed by atoms with E-state index in [4.69, 9.17) is 4.98 Å². The van der Waals surface area contributed by atoms with Crippen LogP contribution in [0.5, 0.6) is 0 Å².